The van der Waals surface area contributed by atoms with E-state index in [1.54, 1.807) is 0 Å². The van der Waals surface area contributed by atoms with Crippen molar-refractivity contribution >= 4 is 15.9 Å². The van der Waals surface area contributed by atoms with Crippen LogP contribution in [-0.2, 0) is 4.74 Å². The summed E-state index contributed by atoms with van der Waals surface area (Å²) in [6.45, 7) is 0. The van der Waals surface area contributed by atoms with Crippen molar-refractivity contribution < 1.29 is 4.74 Å². The zero-order valence-electron chi connectivity index (χ0n) is 6.48. The Kier molecular flexibility index (Phi) is 3.71. The van der Waals surface area contributed by atoms with Gasteiger partial charge in [0, 0.05) is 12.4 Å². The fourth-order valence-electron chi connectivity index (χ4n) is 1.52. The van der Waals surface area contributed by atoms with Gasteiger partial charge in [0.1, 0.15) is 0 Å². The maximum absolute atomic E-state index is 5.27. The monoisotopic (exact) mass is 206 g/mol. The molecule has 0 N–H and O–H groups in total. The Hall–Kier alpha value is 0.440. The predicted octanol–water partition coefficient (Wildman–Crippen LogP) is 2.59. The van der Waals surface area contributed by atoms with Gasteiger partial charge in [-0.2, -0.15) is 0 Å². The number of hydrogen-bond donors (Lipinski definition) is 0. The number of rotatable bonds is 2. The highest BCUT2D eigenvalue weighted by Gasteiger charge is 2.19. The van der Waals surface area contributed by atoms with Crippen LogP contribution in [0.25, 0.3) is 0 Å². The molecule has 1 rings (SSSR count). The van der Waals surface area contributed by atoms with Gasteiger partial charge in [-0.05, 0) is 31.6 Å². The van der Waals surface area contributed by atoms with Gasteiger partial charge >= 0.3 is 0 Å². The third-order valence-electron chi connectivity index (χ3n) is 2.35. The maximum Gasteiger partial charge on any atom is 0.0571 e. The van der Waals surface area contributed by atoms with Crippen LogP contribution in [0.15, 0.2) is 0 Å². The summed E-state index contributed by atoms with van der Waals surface area (Å²) in [5.74, 6) is 0.909. The molecule has 10 heavy (non-hydrogen) atoms. The summed E-state index contributed by atoms with van der Waals surface area (Å²) in [4.78, 5) is 0. The largest absolute Gasteiger partial charge is 0.381 e. The molecule has 2 heteroatoms. The second-order valence-electron chi connectivity index (χ2n) is 3.03. The van der Waals surface area contributed by atoms with Gasteiger partial charge in [-0.3, -0.25) is 0 Å². The number of halogens is 1. The standard InChI is InChI=1S/C8H15BrO/c1-10-8-4-2-7(6-9)3-5-8/h7-8H,2-6H2,1H3/t7-,8-. The molecule has 0 saturated heterocycles. The van der Waals surface area contributed by atoms with Crippen LogP contribution in [0.3, 0.4) is 0 Å². The first kappa shape index (κ1) is 8.54. The van der Waals surface area contributed by atoms with Gasteiger partial charge in [0.25, 0.3) is 0 Å². The summed E-state index contributed by atoms with van der Waals surface area (Å²) in [6, 6.07) is 0. The topological polar surface area (TPSA) is 9.23 Å². The van der Waals surface area contributed by atoms with Crippen LogP contribution in [0.2, 0.25) is 0 Å². The van der Waals surface area contributed by atoms with E-state index in [0.29, 0.717) is 6.10 Å². The second-order valence-corrected chi connectivity index (χ2v) is 3.68. The van der Waals surface area contributed by atoms with Gasteiger partial charge in [0.15, 0.2) is 0 Å². The van der Waals surface area contributed by atoms with E-state index in [1.807, 2.05) is 7.11 Å². The summed E-state index contributed by atoms with van der Waals surface area (Å²) >= 11 is 3.51. The van der Waals surface area contributed by atoms with Crippen molar-refractivity contribution in [3.8, 4) is 0 Å². The van der Waals surface area contributed by atoms with Gasteiger partial charge in [0.05, 0.1) is 6.10 Å². The van der Waals surface area contributed by atoms with Gasteiger partial charge in [-0.25, -0.2) is 0 Å². The second kappa shape index (κ2) is 4.35. The lowest BCUT2D eigenvalue weighted by molar-refractivity contribution is 0.0601. The first-order chi connectivity index (χ1) is 4.86. The van der Waals surface area contributed by atoms with Gasteiger partial charge < -0.3 is 4.74 Å². The molecule has 0 spiro atoms. The quantitative estimate of drug-likeness (QED) is 0.632. The molecule has 0 bridgehead atoms. The molecule has 0 radical (unpaired) electrons. The predicted molar refractivity (Wildman–Crippen MR) is 46.5 cm³/mol. The number of ether oxygens (including phenoxy) is 1. The van der Waals surface area contributed by atoms with Crippen LogP contribution >= 0.6 is 15.9 Å². The minimum absolute atomic E-state index is 0.551. The van der Waals surface area contributed by atoms with Crippen molar-refractivity contribution in [2.24, 2.45) is 5.92 Å². The Morgan fingerprint density at radius 3 is 2.30 bits per heavy atom. The van der Waals surface area contributed by atoms with E-state index >= 15 is 0 Å². The van der Waals surface area contributed by atoms with Crippen molar-refractivity contribution in [1.29, 1.82) is 0 Å². The Bertz CT molecular complexity index is 75.3. The molecule has 1 aliphatic carbocycles. The van der Waals surface area contributed by atoms with E-state index in [-0.39, 0.29) is 0 Å². The fourth-order valence-corrected chi connectivity index (χ4v) is 2.17. The minimum Gasteiger partial charge on any atom is -0.381 e. The van der Waals surface area contributed by atoms with Crippen molar-refractivity contribution in [2.45, 2.75) is 31.8 Å². The van der Waals surface area contributed by atoms with Crippen LogP contribution in [0.5, 0.6) is 0 Å². The van der Waals surface area contributed by atoms with Crippen molar-refractivity contribution in [2.75, 3.05) is 12.4 Å². The average molecular weight is 207 g/mol. The molecular formula is C8H15BrO. The van der Waals surface area contributed by atoms with E-state index in [9.17, 15) is 0 Å². The van der Waals surface area contributed by atoms with E-state index in [1.165, 1.54) is 31.0 Å². The Morgan fingerprint density at radius 2 is 1.90 bits per heavy atom. The van der Waals surface area contributed by atoms with Crippen LogP contribution < -0.4 is 0 Å². The number of alkyl halides is 1. The number of hydrogen-bond acceptors (Lipinski definition) is 1. The van der Waals surface area contributed by atoms with Crippen LogP contribution in [0.4, 0.5) is 0 Å². The molecule has 0 aromatic heterocycles. The fraction of sp³-hybridized carbons (Fsp3) is 1.00. The molecule has 0 aromatic rings. The highest BCUT2D eigenvalue weighted by Crippen LogP contribution is 2.26. The molecule has 1 fully saturated rings. The van der Waals surface area contributed by atoms with Crippen LogP contribution in [-0.4, -0.2) is 18.5 Å². The molecule has 1 nitrogen and oxygen atoms in total. The average Bonchev–Trinajstić information content (AvgIpc) is 2.05. The molecule has 0 aliphatic heterocycles. The smallest absolute Gasteiger partial charge is 0.0571 e. The number of methoxy groups -OCH3 is 1. The molecule has 0 atom stereocenters. The highest BCUT2D eigenvalue weighted by atomic mass is 79.9. The summed E-state index contributed by atoms with van der Waals surface area (Å²) < 4.78 is 5.27. The Labute approximate surface area is 71.3 Å². The van der Waals surface area contributed by atoms with Gasteiger partial charge in [-0.15, -0.1) is 0 Å². The van der Waals surface area contributed by atoms with Crippen LogP contribution in [0.1, 0.15) is 25.7 Å². The van der Waals surface area contributed by atoms with E-state index < -0.39 is 0 Å². The normalized spacial score (nSPS) is 34.2. The van der Waals surface area contributed by atoms with E-state index in [0.717, 1.165) is 5.92 Å². The molecule has 0 heterocycles. The van der Waals surface area contributed by atoms with Crippen molar-refractivity contribution in [1.82, 2.24) is 0 Å². The first-order valence-corrected chi connectivity index (χ1v) is 5.07. The molecule has 1 saturated carbocycles. The van der Waals surface area contributed by atoms with Crippen molar-refractivity contribution in [3.63, 3.8) is 0 Å². The minimum atomic E-state index is 0.551. The highest BCUT2D eigenvalue weighted by molar-refractivity contribution is 9.09. The lowest BCUT2D eigenvalue weighted by Crippen LogP contribution is -2.20. The summed E-state index contributed by atoms with van der Waals surface area (Å²) in [7, 11) is 1.82. The summed E-state index contributed by atoms with van der Waals surface area (Å²) in [5.41, 5.74) is 0. The van der Waals surface area contributed by atoms with E-state index in [4.69, 9.17) is 4.74 Å². The maximum atomic E-state index is 5.27. The zero-order valence-corrected chi connectivity index (χ0v) is 8.06. The zero-order chi connectivity index (χ0) is 7.40. The SMILES string of the molecule is CO[C@H]1CC[C@H](CBr)CC1. The molecular weight excluding hydrogens is 192 g/mol. The molecule has 0 amide bonds. The van der Waals surface area contributed by atoms with E-state index in [2.05, 4.69) is 15.9 Å². The molecule has 1 aliphatic rings. The lowest BCUT2D eigenvalue weighted by Gasteiger charge is -2.25. The lowest BCUT2D eigenvalue weighted by atomic mass is 9.89. The third kappa shape index (κ3) is 2.24. The molecule has 0 aromatic carbocycles. The van der Waals surface area contributed by atoms with Crippen molar-refractivity contribution in [3.05, 3.63) is 0 Å². The third-order valence-corrected chi connectivity index (χ3v) is 3.26. The summed E-state index contributed by atoms with van der Waals surface area (Å²) in [5, 5.41) is 1.17. The summed E-state index contributed by atoms with van der Waals surface area (Å²) in [6.07, 6.45) is 5.74. The first-order valence-electron chi connectivity index (χ1n) is 3.95. The van der Waals surface area contributed by atoms with Gasteiger partial charge in [0.2, 0.25) is 0 Å². The Morgan fingerprint density at radius 1 is 1.30 bits per heavy atom. The van der Waals surface area contributed by atoms with Gasteiger partial charge in [-0.1, -0.05) is 15.9 Å². The Balaban J connectivity index is 2.17. The molecule has 0 unspecified atom stereocenters. The molecule has 60 valence electrons. The van der Waals surface area contributed by atoms with Crippen LogP contribution in [0, 0.1) is 5.92 Å².